The normalized spacial score (nSPS) is 11.3. The fraction of sp³-hybridized carbons (Fsp3) is 0.200. The summed E-state index contributed by atoms with van der Waals surface area (Å²) in [6.07, 6.45) is 1.16. The summed E-state index contributed by atoms with van der Waals surface area (Å²) < 4.78 is 52.8. The van der Waals surface area contributed by atoms with Gasteiger partial charge in [-0.05, 0) is 54.8 Å². The molecule has 158 valence electrons. The van der Waals surface area contributed by atoms with Gasteiger partial charge < -0.3 is 5.32 Å². The van der Waals surface area contributed by atoms with Crippen molar-refractivity contribution in [2.75, 3.05) is 11.3 Å². The van der Waals surface area contributed by atoms with E-state index in [1.807, 2.05) is 0 Å². The second kappa shape index (κ2) is 9.77. The number of hydrogen-bond acceptors (Lipinski definition) is 5. The highest BCUT2D eigenvalue weighted by atomic mass is 32.2. The Morgan fingerprint density at radius 1 is 0.967 bits per heavy atom. The van der Waals surface area contributed by atoms with Gasteiger partial charge in [0.15, 0.2) is 5.13 Å². The molecule has 0 bridgehead atoms. The van der Waals surface area contributed by atoms with Gasteiger partial charge in [0.1, 0.15) is 11.6 Å². The third-order valence-corrected chi connectivity index (χ3v) is 6.45. The van der Waals surface area contributed by atoms with Gasteiger partial charge in [-0.1, -0.05) is 12.1 Å². The summed E-state index contributed by atoms with van der Waals surface area (Å²) in [4.78, 5) is 16.1. The van der Waals surface area contributed by atoms with Gasteiger partial charge in [-0.3, -0.25) is 9.52 Å². The molecule has 3 rings (SSSR count). The maximum absolute atomic E-state index is 13.0. The Balaban J connectivity index is 1.45. The van der Waals surface area contributed by atoms with E-state index in [2.05, 4.69) is 15.0 Å². The number of hydrogen-bond donors (Lipinski definition) is 2. The summed E-state index contributed by atoms with van der Waals surface area (Å²) in [5.74, 6) is -0.981. The molecule has 0 aliphatic heterocycles. The highest BCUT2D eigenvalue weighted by Crippen LogP contribution is 2.21. The number of aromatic nitrogens is 1. The van der Waals surface area contributed by atoms with Crippen molar-refractivity contribution < 1.29 is 22.0 Å². The van der Waals surface area contributed by atoms with E-state index in [9.17, 15) is 22.0 Å². The van der Waals surface area contributed by atoms with Crippen LogP contribution < -0.4 is 10.0 Å². The minimum absolute atomic E-state index is 0.0683. The molecule has 0 atom stereocenters. The molecule has 2 aromatic carbocycles. The quantitative estimate of drug-likeness (QED) is 0.521. The Hall–Kier alpha value is -2.85. The fourth-order valence-electron chi connectivity index (χ4n) is 2.58. The fourth-order valence-corrected chi connectivity index (χ4v) is 4.58. The minimum atomic E-state index is -3.86. The molecule has 30 heavy (non-hydrogen) atoms. The van der Waals surface area contributed by atoms with Crippen LogP contribution in [0.25, 0.3) is 0 Å². The number of halogens is 2. The number of nitrogens with zero attached hydrogens (tertiary/aromatic N) is 1. The van der Waals surface area contributed by atoms with Crippen LogP contribution in [0.4, 0.5) is 13.9 Å². The molecule has 1 aromatic heterocycles. The van der Waals surface area contributed by atoms with Gasteiger partial charge in [0.05, 0.1) is 10.6 Å². The van der Waals surface area contributed by atoms with Crippen LogP contribution in [0, 0.1) is 11.6 Å². The third kappa shape index (κ3) is 6.33. The van der Waals surface area contributed by atoms with E-state index in [1.54, 1.807) is 17.5 Å². The van der Waals surface area contributed by atoms with Crippen molar-refractivity contribution in [2.24, 2.45) is 0 Å². The van der Waals surface area contributed by atoms with Crippen molar-refractivity contribution in [3.63, 3.8) is 0 Å². The van der Waals surface area contributed by atoms with Crippen molar-refractivity contribution >= 4 is 32.4 Å². The molecular formula is C20H19F2N3O3S2. The number of anilines is 1. The summed E-state index contributed by atoms with van der Waals surface area (Å²) in [6.45, 7) is 0.435. The van der Waals surface area contributed by atoms with Crippen molar-refractivity contribution in [3.05, 3.63) is 76.8 Å². The molecule has 2 N–H and O–H groups in total. The number of rotatable bonds is 9. The molecule has 3 aromatic rings. The molecule has 0 aliphatic carbocycles. The number of sulfonamides is 1. The zero-order valence-electron chi connectivity index (χ0n) is 15.8. The van der Waals surface area contributed by atoms with Crippen LogP contribution in [-0.2, 0) is 27.7 Å². The lowest BCUT2D eigenvalue weighted by atomic mass is 10.1. The molecule has 0 aliphatic rings. The molecule has 0 saturated heterocycles. The summed E-state index contributed by atoms with van der Waals surface area (Å²) >= 11 is 1.10. The first kappa shape index (κ1) is 21.8. The summed E-state index contributed by atoms with van der Waals surface area (Å²) in [6, 6.07) is 10.6. The number of benzene rings is 2. The number of thiazole rings is 1. The zero-order valence-corrected chi connectivity index (χ0v) is 17.4. The second-order valence-corrected chi connectivity index (χ2v) is 8.97. The van der Waals surface area contributed by atoms with Crippen LogP contribution in [0.15, 0.2) is 58.8 Å². The summed E-state index contributed by atoms with van der Waals surface area (Å²) in [5, 5.41) is 4.64. The van der Waals surface area contributed by atoms with Crippen molar-refractivity contribution in [3.8, 4) is 0 Å². The Kier molecular flexibility index (Phi) is 7.11. The SMILES string of the molecule is O=C(CCc1csc(NS(=O)(=O)c2ccc(F)cc2)n1)NCCc1ccc(F)cc1. The van der Waals surface area contributed by atoms with E-state index in [0.29, 0.717) is 25.1 Å². The minimum Gasteiger partial charge on any atom is -0.356 e. The molecule has 1 heterocycles. The number of amides is 1. The first-order valence-corrected chi connectivity index (χ1v) is 11.4. The monoisotopic (exact) mass is 451 g/mol. The molecule has 0 saturated carbocycles. The maximum atomic E-state index is 13.0. The highest BCUT2D eigenvalue weighted by Gasteiger charge is 2.16. The second-order valence-electron chi connectivity index (χ2n) is 6.43. The highest BCUT2D eigenvalue weighted by molar-refractivity contribution is 7.93. The topological polar surface area (TPSA) is 88.2 Å². The number of carbonyl (C=O) groups excluding carboxylic acids is 1. The summed E-state index contributed by atoms with van der Waals surface area (Å²) in [7, 11) is -3.86. The van der Waals surface area contributed by atoms with E-state index in [0.717, 1.165) is 29.0 Å². The Labute approximate surface area is 177 Å². The van der Waals surface area contributed by atoms with Crippen LogP contribution in [-0.4, -0.2) is 25.9 Å². The van der Waals surface area contributed by atoms with Crippen molar-refractivity contribution in [1.82, 2.24) is 10.3 Å². The lowest BCUT2D eigenvalue weighted by Gasteiger charge is -2.05. The lowest BCUT2D eigenvalue weighted by Crippen LogP contribution is -2.25. The lowest BCUT2D eigenvalue weighted by molar-refractivity contribution is -0.121. The van der Waals surface area contributed by atoms with Gasteiger partial charge in [0.2, 0.25) is 5.91 Å². The number of nitrogens with one attached hydrogen (secondary N) is 2. The van der Waals surface area contributed by atoms with Gasteiger partial charge >= 0.3 is 0 Å². The predicted molar refractivity (Wildman–Crippen MR) is 111 cm³/mol. The maximum Gasteiger partial charge on any atom is 0.263 e. The molecule has 6 nitrogen and oxygen atoms in total. The van der Waals surface area contributed by atoms with Gasteiger partial charge in [-0.2, -0.15) is 0 Å². The van der Waals surface area contributed by atoms with E-state index < -0.39 is 15.8 Å². The first-order chi connectivity index (χ1) is 14.3. The van der Waals surface area contributed by atoms with E-state index in [4.69, 9.17) is 0 Å². The largest absolute Gasteiger partial charge is 0.356 e. The smallest absolute Gasteiger partial charge is 0.263 e. The van der Waals surface area contributed by atoms with E-state index in [1.165, 1.54) is 24.3 Å². The first-order valence-electron chi connectivity index (χ1n) is 9.06. The molecule has 1 amide bonds. The van der Waals surface area contributed by atoms with Crippen LogP contribution in [0.5, 0.6) is 0 Å². The van der Waals surface area contributed by atoms with Crippen LogP contribution in [0.2, 0.25) is 0 Å². The number of aryl methyl sites for hydroxylation is 1. The van der Waals surface area contributed by atoms with Crippen molar-refractivity contribution in [1.29, 1.82) is 0 Å². The van der Waals surface area contributed by atoms with E-state index >= 15 is 0 Å². The molecule has 0 unspecified atom stereocenters. The number of carbonyl (C=O) groups is 1. The van der Waals surface area contributed by atoms with Crippen LogP contribution >= 0.6 is 11.3 Å². The van der Waals surface area contributed by atoms with Crippen LogP contribution in [0.3, 0.4) is 0 Å². The summed E-state index contributed by atoms with van der Waals surface area (Å²) in [5.41, 5.74) is 1.51. The Bertz CT molecular complexity index is 1100. The molecular weight excluding hydrogens is 432 g/mol. The van der Waals surface area contributed by atoms with Gasteiger partial charge in [0.25, 0.3) is 10.0 Å². The van der Waals surface area contributed by atoms with Gasteiger partial charge in [0, 0.05) is 18.3 Å². The van der Waals surface area contributed by atoms with Gasteiger partial charge in [-0.25, -0.2) is 22.2 Å². The molecule has 0 fully saturated rings. The average molecular weight is 452 g/mol. The average Bonchev–Trinajstić information content (AvgIpc) is 3.15. The zero-order chi connectivity index (χ0) is 21.6. The third-order valence-electron chi connectivity index (χ3n) is 4.15. The standard InChI is InChI=1S/C20H19F2N3O3S2/c21-15-3-1-14(2-4-15)11-12-23-19(26)10-7-17-13-29-20(24-17)25-30(27,28)18-8-5-16(22)6-9-18/h1-6,8-9,13H,7,10-12H2,(H,23,26)(H,24,25). The van der Waals surface area contributed by atoms with Crippen LogP contribution in [0.1, 0.15) is 17.7 Å². The Morgan fingerprint density at radius 2 is 1.60 bits per heavy atom. The molecule has 10 heteroatoms. The van der Waals surface area contributed by atoms with Crippen molar-refractivity contribution in [2.45, 2.75) is 24.2 Å². The van der Waals surface area contributed by atoms with E-state index in [-0.39, 0.29) is 28.2 Å². The predicted octanol–water partition coefficient (Wildman–Crippen LogP) is 3.51. The molecule has 0 spiro atoms. The van der Waals surface area contributed by atoms with Gasteiger partial charge in [-0.15, -0.1) is 11.3 Å². The molecule has 0 radical (unpaired) electrons. The Morgan fingerprint density at radius 3 is 2.27 bits per heavy atom.